The number of aliphatic hydroxyl groups excluding tert-OH is 1. The molecule has 7 atom stereocenters. The first-order valence-electron chi connectivity index (χ1n) is 12.5. The first-order chi connectivity index (χ1) is 14.8. The lowest BCUT2D eigenvalue weighted by Crippen LogP contribution is -2.59. The van der Waals surface area contributed by atoms with Gasteiger partial charge in [0.2, 0.25) is 5.91 Å². The molecule has 3 amide bonds. The van der Waals surface area contributed by atoms with Crippen LogP contribution in [-0.2, 0) is 4.79 Å². The number of urea groups is 1. The standard InChI is InChI=1S/C24H44N4O3/c1-5-25-23(31)27-19-9-11-24(4)10-8-18(21(29)20(24)17(19)3)16(2)22(30)26-12-15-28-13-6-7-14-28/h16-21,29H,5-15H2,1-4H3,(H,26,30)(H2,25,27,31)/t16-,17+,18?,19-,20+,21-,24-/m0/s1. The van der Waals surface area contributed by atoms with Crippen molar-refractivity contribution in [2.45, 2.75) is 78.4 Å². The predicted molar refractivity (Wildman–Crippen MR) is 123 cm³/mol. The molecule has 1 heterocycles. The molecule has 0 radical (unpaired) electrons. The fourth-order valence-electron chi connectivity index (χ4n) is 6.58. The molecule has 1 aliphatic heterocycles. The summed E-state index contributed by atoms with van der Waals surface area (Å²) in [6, 6.07) is -0.0711. The zero-order valence-corrected chi connectivity index (χ0v) is 20.0. The Morgan fingerprint density at radius 1 is 1.16 bits per heavy atom. The van der Waals surface area contributed by atoms with Gasteiger partial charge in [-0.3, -0.25) is 4.79 Å². The van der Waals surface area contributed by atoms with Gasteiger partial charge in [0.25, 0.3) is 0 Å². The van der Waals surface area contributed by atoms with E-state index in [0.29, 0.717) is 13.1 Å². The van der Waals surface area contributed by atoms with E-state index >= 15 is 0 Å². The third-order valence-corrected chi connectivity index (χ3v) is 8.52. The highest BCUT2D eigenvalue weighted by Crippen LogP contribution is 2.55. The fraction of sp³-hybridized carbons (Fsp3) is 0.917. The second-order valence-corrected chi connectivity index (χ2v) is 10.5. The second kappa shape index (κ2) is 10.5. The molecule has 3 rings (SSSR count). The van der Waals surface area contributed by atoms with Crippen LogP contribution in [0.15, 0.2) is 0 Å². The zero-order valence-electron chi connectivity index (χ0n) is 20.0. The van der Waals surface area contributed by atoms with Gasteiger partial charge in [-0.2, -0.15) is 0 Å². The van der Waals surface area contributed by atoms with Crippen LogP contribution in [-0.4, -0.2) is 66.8 Å². The second-order valence-electron chi connectivity index (χ2n) is 10.5. The van der Waals surface area contributed by atoms with Crippen molar-refractivity contribution >= 4 is 11.9 Å². The number of carbonyl (C=O) groups excluding carboxylic acids is 2. The number of nitrogens with zero attached hydrogens (tertiary/aromatic N) is 1. The van der Waals surface area contributed by atoms with Gasteiger partial charge in [0.1, 0.15) is 0 Å². The van der Waals surface area contributed by atoms with Crippen molar-refractivity contribution in [3.05, 3.63) is 0 Å². The molecule has 0 bridgehead atoms. The predicted octanol–water partition coefficient (Wildman–Crippen LogP) is 2.35. The lowest BCUT2D eigenvalue weighted by molar-refractivity contribution is -0.141. The number of rotatable bonds is 7. The van der Waals surface area contributed by atoms with E-state index in [1.165, 1.54) is 12.8 Å². The summed E-state index contributed by atoms with van der Waals surface area (Å²) in [5.41, 5.74) is 0.0701. The van der Waals surface area contributed by atoms with Crippen molar-refractivity contribution < 1.29 is 14.7 Å². The zero-order chi connectivity index (χ0) is 22.6. The van der Waals surface area contributed by atoms with Crippen molar-refractivity contribution in [2.24, 2.45) is 29.1 Å². The number of hydrogen-bond donors (Lipinski definition) is 4. The molecule has 0 aromatic heterocycles. The van der Waals surface area contributed by atoms with Gasteiger partial charge in [-0.1, -0.05) is 20.8 Å². The minimum absolute atomic E-state index is 0.0319. The molecule has 178 valence electrons. The summed E-state index contributed by atoms with van der Waals surface area (Å²) in [6.07, 6.45) is 5.85. The Labute approximate surface area is 188 Å². The molecule has 7 nitrogen and oxygen atoms in total. The van der Waals surface area contributed by atoms with Crippen LogP contribution in [0, 0.1) is 29.1 Å². The highest BCUT2D eigenvalue weighted by molar-refractivity contribution is 5.78. The maximum Gasteiger partial charge on any atom is 0.315 e. The van der Waals surface area contributed by atoms with E-state index in [1.807, 2.05) is 13.8 Å². The summed E-state index contributed by atoms with van der Waals surface area (Å²) >= 11 is 0. The fourth-order valence-corrected chi connectivity index (χ4v) is 6.58. The smallest absolute Gasteiger partial charge is 0.315 e. The summed E-state index contributed by atoms with van der Waals surface area (Å²) in [7, 11) is 0. The molecule has 7 heteroatoms. The third-order valence-electron chi connectivity index (χ3n) is 8.52. The van der Waals surface area contributed by atoms with E-state index in [0.717, 1.165) is 45.3 Å². The molecule has 4 N–H and O–H groups in total. The van der Waals surface area contributed by atoms with Crippen LogP contribution in [0.5, 0.6) is 0 Å². The molecule has 2 aliphatic carbocycles. The van der Waals surface area contributed by atoms with Crippen molar-refractivity contribution in [3.8, 4) is 0 Å². The van der Waals surface area contributed by atoms with E-state index in [-0.39, 0.29) is 47.1 Å². The SMILES string of the molecule is CCNC(=O)N[C@H]1CC[C@]2(C)CCC([C@H](C)C(=O)NCCN3CCCC3)[C@H](O)[C@H]2[C@@H]1C. The van der Waals surface area contributed by atoms with E-state index in [2.05, 4.69) is 34.7 Å². The molecule has 1 unspecified atom stereocenters. The number of hydrogen-bond acceptors (Lipinski definition) is 4. The average molecular weight is 437 g/mol. The Kier molecular flexibility index (Phi) is 8.25. The van der Waals surface area contributed by atoms with E-state index in [4.69, 9.17) is 0 Å². The lowest BCUT2D eigenvalue weighted by Gasteiger charge is -2.56. The first kappa shape index (κ1) is 24.3. The molecule has 1 saturated heterocycles. The molecule has 2 saturated carbocycles. The van der Waals surface area contributed by atoms with Crippen LogP contribution in [0.4, 0.5) is 4.79 Å². The van der Waals surface area contributed by atoms with Crippen molar-refractivity contribution in [1.29, 1.82) is 0 Å². The lowest BCUT2D eigenvalue weighted by atomic mass is 9.52. The summed E-state index contributed by atoms with van der Waals surface area (Å²) in [6.45, 7) is 12.8. The largest absolute Gasteiger partial charge is 0.392 e. The van der Waals surface area contributed by atoms with Crippen LogP contribution in [0.2, 0.25) is 0 Å². The minimum atomic E-state index is -0.521. The Hall–Kier alpha value is -1.34. The summed E-state index contributed by atoms with van der Waals surface area (Å²) in [4.78, 5) is 27.4. The molecular formula is C24H44N4O3. The minimum Gasteiger partial charge on any atom is -0.392 e. The molecule has 0 aromatic carbocycles. The monoisotopic (exact) mass is 436 g/mol. The summed E-state index contributed by atoms with van der Waals surface area (Å²) in [5.74, 6) is 0.0845. The molecule has 0 aromatic rings. The topological polar surface area (TPSA) is 93.7 Å². The Morgan fingerprint density at radius 2 is 1.84 bits per heavy atom. The van der Waals surface area contributed by atoms with Gasteiger partial charge in [-0.25, -0.2) is 4.79 Å². The highest BCUT2D eigenvalue weighted by Gasteiger charge is 2.53. The maximum absolute atomic E-state index is 12.9. The normalized spacial score (nSPS) is 37.0. The maximum atomic E-state index is 12.9. The number of carbonyl (C=O) groups is 2. The van der Waals surface area contributed by atoms with E-state index < -0.39 is 6.10 Å². The van der Waals surface area contributed by atoms with Crippen molar-refractivity contribution in [3.63, 3.8) is 0 Å². The first-order valence-corrected chi connectivity index (χ1v) is 12.5. The van der Waals surface area contributed by atoms with Crippen molar-refractivity contribution in [1.82, 2.24) is 20.9 Å². The number of likely N-dealkylation sites (tertiary alicyclic amines) is 1. The molecule has 3 fully saturated rings. The average Bonchev–Trinajstić information content (AvgIpc) is 3.23. The van der Waals surface area contributed by atoms with Crippen molar-refractivity contribution in [2.75, 3.05) is 32.7 Å². The van der Waals surface area contributed by atoms with Crippen LogP contribution in [0.3, 0.4) is 0 Å². The summed E-state index contributed by atoms with van der Waals surface area (Å²) in [5, 5.41) is 20.5. The molecule has 0 spiro atoms. The molecule has 31 heavy (non-hydrogen) atoms. The van der Waals surface area contributed by atoms with Gasteiger partial charge in [0.15, 0.2) is 0 Å². The molecular weight excluding hydrogens is 392 g/mol. The Morgan fingerprint density at radius 3 is 2.52 bits per heavy atom. The number of amides is 3. The highest BCUT2D eigenvalue weighted by atomic mass is 16.3. The Balaban J connectivity index is 1.59. The quantitative estimate of drug-likeness (QED) is 0.493. The van der Waals surface area contributed by atoms with Crippen LogP contribution < -0.4 is 16.0 Å². The van der Waals surface area contributed by atoms with Crippen LogP contribution in [0.25, 0.3) is 0 Å². The van der Waals surface area contributed by atoms with Gasteiger partial charge in [0.05, 0.1) is 6.10 Å². The number of nitrogens with one attached hydrogen (secondary N) is 3. The van der Waals surface area contributed by atoms with E-state index in [1.54, 1.807) is 0 Å². The Bertz CT molecular complexity index is 624. The number of aliphatic hydroxyl groups is 1. The van der Waals surface area contributed by atoms with Gasteiger partial charge in [-0.15, -0.1) is 0 Å². The number of fused-ring (bicyclic) bond motifs is 1. The van der Waals surface area contributed by atoms with E-state index in [9.17, 15) is 14.7 Å². The van der Waals surface area contributed by atoms with Crippen LogP contribution in [0.1, 0.15) is 66.2 Å². The van der Waals surface area contributed by atoms with Gasteiger partial charge in [-0.05, 0) is 81.7 Å². The summed E-state index contributed by atoms with van der Waals surface area (Å²) < 4.78 is 0. The molecule has 3 aliphatic rings. The van der Waals surface area contributed by atoms with Crippen LogP contribution >= 0.6 is 0 Å². The third kappa shape index (κ3) is 5.54. The van der Waals surface area contributed by atoms with Gasteiger partial charge in [0, 0.05) is 31.6 Å². The van der Waals surface area contributed by atoms with Gasteiger partial charge < -0.3 is 26.0 Å². The van der Waals surface area contributed by atoms with Gasteiger partial charge >= 0.3 is 6.03 Å².